The Morgan fingerprint density at radius 1 is 0.221 bits per heavy atom. The van der Waals surface area contributed by atoms with E-state index in [1.54, 1.807) is 0 Å². The molecule has 0 aliphatic carbocycles. The van der Waals surface area contributed by atoms with Crippen LogP contribution in [0.1, 0.15) is 33.4 Å². The summed E-state index contributed by atoms with van der Waals surface area (Å²) in [5.74, 6) is 2.86. The minimum atomic E-state index is 0.225. The van der Waals surface area contributed by atoms with Gasteiger partial charge in [-0.3, -0.25) is 0 Å². The predicted molar refractivity (Wildman–Crippen MR) is 405 cm³/mol. The average Bonchev–Trinajstić information content (AvgIpc) is 1.60. The van der Waals surface area contributed by atoms with Gasteiger partial charge in [-0.05, 0) is 130 Å². The molecule has 0 N–H and O–H groups in total. The molecule has 4 heterocycles. The third-order valence-electron chi connectivity index (χ3n) is 18.8. The van der Waals surface area contributed by atoms with Crippen molar-refractivity contribution in [2.24, 2.45) is 0 Å². The molecule has 0 saturated heterocycles. The van der Waals surface area contributed by atoms with Gasteiger partial charge in [0.25, 0.3) is 0 Å². The van der Waals surface area contributed by atoms with Crippen LogP contribution in [-0.2, 0) is 0 Å². The van der Waals surface area contributed by atoms with Gasteiger partial charge in [-0.2, -0.15) is 31.6 Å². The van der Waals surface area contributed by atoms with E-state index in [2.05, 4.69) is 130 Å². The maximum Gasteiger partial charge on any atom is 0.166 e. The molecule has 0 saturated carbocycles. The fourth-order valence-electron chi connectivity index (χ4n) is 14.1. The number of nitriles is 6. The average molecular weight is 1330 g/mol. The summed E-state index contributed by atoms with van der Waals surface area (Å²) in [5.41, 5.74) is 16.8. The summed E-state index contributed by atoms with van der Waals surface area (Å²) in [5, 5.41) is 65.2. The quantitative estimate of drug-likeness (QED) is 0.111. The summed E-state index contributed by atoms with van der Waals surface area (Å²) in [6, 6.07) is 108. The number of hydrogen-bond donors (Lipinski definition) is 0. The topological polar surface area (TPSA) is 230 Å². The lowest BCUT2D eigenvalue weighted by molar-refractivity contribution is 1.06. The Hall–Kier alpha value is -15.6. The van der Waals surface area contributed by atoms with Crippen molar-refractivity contribution in [3.8, 4) is 161 Å². The van der Waals surface area contributed by atoms with Crippen LogP contribution < -0.4 is 0 Å². The number of rotatable bonds is 12. The molecule has 0 atom stereocenters. The van der Waals surface area contributed by atoms with Crippen LogP contribution in [0.15, 0.2) is 291 Å². The van der Waals surface area contributed by atoms with Gasteiger partial charge in [0.1, 0.15) is 0 Å². The van der Waals surface area contributed by atoms with E-state index in [0.717, 1.165) is 99.5 Å². The zero-order chi connectivity index (χ0) is 70.4. The number of fused-ring (bicyclic) bond motifs is 6. The van der Waals surface area contributed by atoms with E-state index in [0.29, 0.717) is 68.3 Å². The largest absolute Gasteiger partial charge is 0.309 e. The first kappa shape index (κ1) is 62.0. The van der Waals surface area contributed by atoms with E-state index < -0.39 is 0 Å². The van der Waals surface area contributed by atoms with Crippen LogP contribution in [0, 0.1) is 68.0 Å². The SMILES string of the molecule is N#Cc1cc(C#N)c(-c2ccc3c(c2)c2ccccc2n3-c2cc(-c3cccc(-c4ccc(-n5c6ccccc6c6cc(-c7c(C#N)cc(C#N)cc7C#N)ccc65)c(-c5nc(-c6ccccc6)nc(-c6ccccc6)n5)c4)c3)cc(-c3nc(-c4ccccc4)nc(-c4ccccc4)n3)c2)c(C#N)c1. The summed E-state index contributed by atoms with van der Waals surface area (Å²) in [6.07, 6.45) is 0. The van der Waals surface area contributed by atoms with Gasteiger partial charge >= 0.3 is 0 Å². The molecule has 0 aliphatic heterocycles. The van der Waals surface area contributed by atoms with Crippen molar-refractivity contribution in [3.63, 3.8) is 0 Å². The molecule has 0 amide bonds. The van der Waals surface area contributed by atoms with Crippen LogP contribution in [0.4, 0.5) is 0 Å². The highest BCUT2D eigenvalue weighted by Crippen LogP contribution is 2.44. The highest BCUT2D eigenvalue weighted by Gasteiger charge is 2.25. The third kappa shape index (κ3) is 11.0. The lowest BCUT2D eigenvalue weighted by Crippen LogP contribution is -2.04. The number of nitrogens with zero attached hydrogens (tertiary/aromatic N) is 14. The zero-order valence-electron chi connectivity index (χ0n) is 55.0. The Kier molecular flexibility index (Phi) is 15.5. The first-order valence-corrected chi connectivity index (χ1v) is 33.2. The van der Waals surface area contributed by atoms with Crippen LogP contribution in [0.3, 0.4) is 0 Å². The molecule has 0 fully saturated rings. The van der Waals surface area contributed by atoms with Crippen molar-refractivity contribution in [1.29, 1.82) is 31.6 Å². The second-order valence-electron chi connectivity index (χ2n) is 24.9. The summed E-state index contributed by atoms with van der Waals surface area (Å²) in [7, 11) is 0. The smallest absolute Gasteiger partial charge is 0.166 e. The second-order valence-corrected chi connectivity index (χ2v) is 24.9. The molecule has 17 aromatic rings. The molecule has 14 nitrogen and oxygen atoms in total. The van der Waals surface area contributed by atoms with E-state index in [-0.39, 0.29) is 33.4 Å². The Morgan fingerprint density at radius 2 is 0.558 bits per heavy atom. The maximum absolute atomic E-state index is 10.5. The normalized spacial score (nSPS) is 11.0. The number of aromatic nitrogens is 8. The Morgan fingerprint density at radius 3 is 1.00 bits per heavy atom. The van der Waals surface area contributed by atoms with Crippen molar-refractivity contribution >= 4 is 43.6 Å². The minimum absolute atomic E-state index is 0.225. The Balaban J connectivity index is 0.887. The van der Waals surface area contributed by atoms with E-state index in [9.17, 15) is 31.6 Å². The van der Waals surface area contributed by atoms with Crippen LogP contribution in [0.2, 0.25) is 0 Å². The highest BCUT2D eigenvalue weighted by atomic mass is 15.1. The van der Waals surface area contributed by atoms with Crippen LogP contribution >= 0.6 is 0 Å². The molecule has 0 aliphatic rings. The zero-order valence-corrected chi connectivity index (χ0v) is 55.0. The Bertz CT molecular complexity index is 6490. The van der Waals surface area contributed by atoms with E-state index in [4.69, 9.17) is 29.9 Å². The van der Waals surface area contributed by atoms with Gasteiger partial charge in [0.2, 0.25) is 0 Å². The Labute approximate surface area is 596 Å². The monoisotopic (exact) mass is 1320 g/mol. The van der Waals surface area contributed by atoms with E-state index in [1.165, 1.54) is 24.3 Å². The van der Waals surface area contributed by atoms with Crippen LogP contribution in [0.25, 0.3) is 168 Å². The molecule has 104 heavy (non-hydrogen) atoms. The van der Waals surface area contributed by atoms with Gasteiger partial charge < -0.3 is 9.13 Å². The molecule has 0 bridgehead atoms. The maximum atomic E-state index is 10.5. The lowest BCUT2D eigenvalue weighted by Gasteiger charge is -2.17. The van der Waals surface area contributed by atoms with Gasteiger partial charge in [-0.1, -0.05) is 194 Å². The first-order valence-electron chi connectivity index (χ1n) is 33.2. The molecule has 478 valence electrons. The van der Waals surface area contributed by atoms with Gasteiger partial charge in [-0.15, -0.1) is 0 Å². The molecule has 13 aromatic carbocycles. The summed E-state index contributed by atoms with van der Waals surface area (Å²) in [4.78, 5) is 31.5. The lowest BCUT2D eigenvalue weighted by atomic mass is 9.92. The highest BCUT2D eigenvalue weighted by molar-refractivity contribution is 6.12. The van der Waals surface area contributed by atoms with Crippen molar-refractivity contribution in [3.05, 3.63) is 325 Å². The third-order valence-corrected chi connectivity index (χ3v) is 18.8. The second kappa shape index (κ2) is 26.0. The number of benzene rings is 13. The minimum Gasteiger partial charge on any atom is -0.309 e. The van der Waals surface area contributed by atoms with E-state index >= 15 is 0 Å². The fraction of sp³-hybridized carbons (Fsp3) is 0. The van der Waals surface area contributed by atoms with Gasteiger partial charge in [0.15, 0.2) is 34.9 Å². The number of hydrogen-bond acceptors (Lipinski definition) is 12. The van der Waals surface area contributed by atoms with Crippen molar-refractivity contribution in [2.75, 3.05) is 0 Å². The van der Waals surface area contributed by atoms with Crippen molar-refractivity contribution in [2.45, 2.75) is 0 Å². The molecule has 4 aromatic heterocycles. The fourth-order valence-corrected chi connectivity index (χ4v) is 14.1. The molecule has 14 heteroatoms. The summed E-state index contributed by atoms with van der Waals surface area (Å²) >= 11 is 0. The van der Waals surface area contributed by atoms with Crippen molar-refractivity contribution < 1.29 is 0 Å². The van der Waals surface area contributed by atoms with Gasteiger partial charge in [0, 0.05) is 71.7 Å². The first-order chi connectivity index (χ1) is 51.2. The summed E-state index contributed by atoms with van der Waals surface area (Å²) < 4.78 is 4.43. The molecule has 0 radical (unpaired) electrons. The predicted octanol–water partition coefficient (Wildman–Crippen LogP) is 20.2. The molecule has 0 spiro atoms. The molecular weight excluding hydrogens is 1280 g/mol. The molecule has 0 unspecified atom stereocenters. The van der Waals surface area contributed by atoms with Crippen molar-refractivity contribution in [1.82, 2.24) is 39.0 Å². The standard InChI is InChI=1S/C90H48N14/c91-49-55-38-68(51-93)83(69(39-55)52-94)64-33-36-80-75(47-64)73-28-13-15-30-78(73)103(80)72-44-66(43-67(45-72)89-99-85(57-18-5-1-6-19-57)97-86(100-89)58-20-7-2-8-21-58)62-27-17-26-61(42-62)63-32-35-82(77(46-63)90-101-87(59-22-9-3-10-23-59)98-88(102-90)60-24-11-4-12-25-60)104-79-31-16-14-29-74(79)76-48-65(34-37-81(76)104)84-70(53-95)40-56(50-92)41-71(84)54-96/h1-48H. The van der Waals surface area contributed by atoms with Gasteiger partial charge in [-0.25, -0.2) is 29.9 Å². The van der Waals surface area contributed by atoms with Gasteiger partial charge in [0.05, 0.1) is 97.6 Å². The molecule has 17 rings (SSSR count). The van der Waals surface area contributed by atoms with E-state index in [1.807, 2.05) is 182 Å². The summed E-state index contributed by atoms with van der Waals surface area (Å²) in [6.45, 7) is 0. The number of para-hydroxylation sites is 2. The molecular formula is C90H48N14. The van der Waals surface area contributed by atoms with Crippen LogP contribution in [-0.4, -0.2) is 39.0 Å². The van der Waals surface area contributed by atoms with Crippen LogP contribution in [0.5, 0.6) is 0 Å².